The Morgan fingerprint density at radius 3 is 2.79 bits per heavy atom. The van der Waals surface area contributed by atoms with Gasteiger partial charge < -0.3 is 15.8 Å². The molecule has 1 aliphatic carbocycles. The molecule has 0 saturated heterocycles. The molecule has 4 heteroatoms. The van der Waals surface area contributed by atoms with Gasteiger partial charge in [0.25, 0.3) is 0 Å². The number of anilines is 1. The van der Waals surface area contributed by atoms with E-state index in [1.807, 2.05) is 18.2 Å². The molecule has 0 spiro atoms. The van der Waals surface area contributed by atoms with Crippen LogP contribution in [0.4, 0.5) is 5.69 Å². The molecular weight excluding hydrogens is 240 g/mol. The second kappa shape index (κ2) is 6.06. The Bertz CT molecular complexity index is 455. The molecule has 0 bridgehead atoms. The topological polar surface area (TPSA) is 64.3 Å². The Hall–Kier alpha value is -1.55. The quantitative estimate of drug-likeness (QED) is 0.828. The zero-order valence-electron chi connectivity index (χ0n) is 11.6. The zero-order chi connectivity index (χ0) is 13.8. The lowest BCUT2D eigenvalue weighted by Gasteiger charge is -2.20. The summed E-state index contributed by atoms with van der Waals surface area (Å²) in [7, 11) is 1.68. The van der Waals surface area contributed by atoms with Crippen LogP contribution in [-0.2, 0) is 4.79 Å². The average Bonchev–Trinajstić information content (AvgIpc) is 3.19. The number of rotatable bonds is 6. The van der Waals surface area contributed by atoms with Crippen LogP contribution in [0.5, 0.6) is 5.75 Å². The van der Waals surface area contributed by atoms with Gasteiger partial charge in [0.15, 0.2) is 0 Å². The summed E-state index contributed by atoms with van der Waals surface area (Å²) >= 11 is 0. The summed E-state index contributed by atoms with van der Waals surface area (Å²) in [6.07, 6.45) is 3.49. The largest absolute Gasteiger partial charge is 0.496 e. The maximum atomic E-state index is 11.2. The SMILES string of the molecule is COc1ccc(NC(C)=O)cc1C(CCN)C1CC1. The van der Waals surface area contributed by atoms with E-state index in [9.17, 15) is 4.79 Å². The van der Waals surface area contributed by atoms with Gasteiger partial charge in [-0.1, -0.05) is 0 Å². The minimum Gasteiger partial charge on any atom is -0.496 e. The first kappa shape index (κ1) is 13.9. The van der Waals surface area contributed by atoms with Crippen molar-refractivity contribution in [3.05, 3.63) is 23.8 Å². The molecule has 3 N–H and O–H groups in total. The molecule has 1 aromatic rings. The van der Waals surface area contributed by atoms with E-state index in [1.54, 1.807) is 7.11 Å². The second-order valence-corrected chi connectivity index (χ2v) is 5.16. The van der Waals surface area contributed by atoms with Gasteiger partial charge in [0, 0.05) is 12.6 Å². The number of hydrogen-bond acceptors (Lipinski definition) is 3. The highest BCUT2D eigenvalue weighted by Crippen LogP contribution is 2.47. The maximum Gasteiger partial charge on any atom is 0.221 e. The Kier molecular flexibility index (Phi) is 4.43. The van der Waals surface area contributed by atoms with Gasteiger partial charge in [-0.15, -0.1) is 0 Å². The molecule has 1 amide bonds. The number of carbonyl (C=O) groups is 1. The average molecular weight is 262 g/mol. The van der Waals surface area contributed by atoms with Crippen molar-refractivity contribution >= 4 is 11.6 Å². The fourth-order valence-corrected chi connectivity index (χ4v) is 2.63. The Labute approximate surface area is 114 Å². The second-order valence-electron chi connectivity index (χ2n) is 5.16. The molecule has 1 aliphatic rings. The van der Waals surface area contributed by atoms with Gasteiger partial charge >= 0.3 is 0 Å². The summed E-state index contributed by atoms with van der Waals surface area (Å²) < 4.78 is 5.46. The highest BCUT2D eigenvalue weighted by molar-refractivity contribution is 5.88. The third-order valence-corrected chi connectivity index (χ3v) is 3.62. The Morgan fingerprint density at radius 2 is 2.26 bits per heavy atom. The van der Waals surface area contributed by atoms with Gasteiger partial charge in [-0.05, 0) is 61.4 Å². The van der Waals surface area contributed by atoms with Gasteiger partial charge in [0.2, 0.25) is 5.91 Å². The molecule has 1 aromatic carbocycles. The lowest BCUT2D eigenvalue weighted by atomic mass is 9.90. The normalized spacial score (nSPS) is 15.9. The molecule has 1 atom stereocenters. The molecule has 104 valence electrons. The third-order valence-electron chi connectivity index (χ3n) is 3.62. The number of nitrogens with two attached hydrogens (primary N) is 1. The monoisotopic (exact) mass is 262 g/mol. The minimum atomic E-state index is -0.0575. The standard InChI is InChI=1S/C15H22N2O2/c1-10(18)17-12-5-6-15(19-2)14(9-12)13(7-8-16)11-3-4-11/h5-6,9,11,13H,3-4,7-8,16H2,1-2H3,(H,17,18). The molecule has 19 heavy (non-hydrogen) atoms. The van der Waals surface area contributed by atoms with Gasteiger partial charge in [0.1, 0.15) is 5.75 Å². The minimum absolute atomic E-state index is 0.0575. The van der Waals surface area contributed by atoms with Crippen LogP contribution in [0.25, 0.3) is 0 Å². The van der Waals surface area contributed by atoms with E-state index in [2.05, 4.69) is 5.32 Å². The predicted octanol–water partition coefficient (Wildman–Crippen LogP) is 2.50. The lowest BCUT2D eigenvalue weighted by Crippen LogP contribution is -2.12. The smallest absolute Gasteiger partial charge is 0.221 e. The number of hydrogen-bond donors (Lipinski definition) is 2. The molecule has 0 aromatic heterocycles. The first-order valence-electron chi connectivity index (χ1n) is 6.81. The van der Waals surface area contributed by atoms with Crippen molar-refractivity contribution in [1.82, 2.24) is 0 Å². The number of ether oxygens (including phenoxy) is 1. The number of benzene rings is 1. The highest BCUT2D eigenvalue weighted by Gasteiger charge is 2.33. The van der Waals surface area contributed by atoms with E-state index in [1.165, 1.54) is 25.3 Å². The van der Waals surface area contributed by atoms with E-state index in [4.69, 9.17) is 10.5 Å². The fraction of sp³-hybridized carbons (Fsp3) is 0.533. The molecule has 4 nitrogen and oxygen atoms in total. The summed E-state index contributed by atoms with van der Waals surface area (Å²) in [6.45, 7) is 2.19. The van der Waals surface area contributed by atoms with Crippen LogP contribution < -0.4 is 15.8 Å². The number of amides is 1. The fourth-order valence-electron chi connectivity index (χ4n) is 2.63. The molecule has 0 heterocycles. The first-order valence-corrected chi connectivity index (χ1v) is 6.81. The summed E-state index contributed by atoms with van der Waals surface area (Å²) in [4.78, 5) is 11.2. The van der Waals surface area contributed by atoms with Gasteiger partial charge in [0.05, 0.1) is 7.11 Å². The molecule has 0 aliphatic heterocycles. The number of methoxy groups -OCH3 is 1. The van der Waals surface area contributed by atoms with Gasteiger partial charge in [-0.3, -0.25) is 4.79 Å². The number of nitrogens with one attached hydrogen (secondary N) is 1. The van der Waals surface area contributed by atoms with E-state index in [-0.39, 0.29) is 5.91 Å². The van der Waals surface area contributed by atoms with Crippen LogP contribution >= 0.6 is 0 Å². The summed E-state index contributed by atoms with van der Waals surface area (Å²) in [5, 5.41) is 2.83. The van der Waals surface area contributed by atoms with Crippen LogP contribution in [0, 0.1) is 5.92 Å². The molecule has 0 radical (unpaired) electrons. The van der Waals surface area contributed by atoms with Gasteiger partial charge in [-0.25, -0.2) is 0 Å². The summed E-state index contributed by atoms with van der Waals surface area (Å²) in [5.41, 5.74) is 7.73. The summed E-state index contributed by atoms with van der Waals surface area (Å²) in [6, 6.07) is 5.82. The van der Waals surface area contributed by atoms with Crippen LogP contribution in [0.15, 0.2) is 18.2 Å². The van der Waals surface area contributed by atoms with Crippen molar-refractivity contribution in [3.8, 4) is 5.75 Å². The van der Waals surface area contributed by atoms with E-state index < -0.39 is 0 Å². The van der Waals surface area contributed by atoms with Crippen molar-refractivity contribution in [2.24, 2.45) is 11.7 Å². The van der Waals surface area contributed by atoms with Crippen molar-refractivity contribution in [2.45, 2.75) is 32.1 Å². The van der Waals surface area contributed by atoms with Crippen molar-refractivity contribution < 1.29 is 9.53 Å². The lowest BCUT2D eigenvalue weighted by molar-refractivity contribution is -0.114. The molecular formula is C15H22N2O2. The van der Waals surface area contributed by atoms with Crippen LogP contribution in [-0.4, -0.2) is 19.6 Å². The maximum absolute atomic E-state index is 11.2. The van der Waals surface area contributed by atoms with Gasteiger partial charge in [-0.2, -0.15) is 0 Å². The number of carbonyl (C=O) groups excluding carboxylic acids is 1. The molecule has 1 fully saturated rings. The Balaban J connectivity index is 2.30. The predicted molar refractivity (Wildman–Crippen MR) is 76.4 cm³/mol. The molecule has 1 unspecified atom stereocenters. The van der Waals surface area contributed by atoms with Crippen molar-refractivity contribution in [2.75, 3.05) is 19.0 Å². The third kappa shape index (κ3) is 3.47. The molecule has 2 rings (SSSR count). The summed E-state index contributed by atoms with van der Waals surface area (Å²) in [5.74, 6) is 1.98. The molecule has 1 saturated carbocycles. The van der Waals surface area contributed by atoms with Crippen LogP contribution in [0.2, 0.25) is 0 Å². The van der Waals surface area contributed by atoms with E-state index in [0.29, 0.717) is 18.4 Å². The van der Waals surface area contributed by atoms with E-state index >= 15 is 0 Å². The van der Waals surface area contributed by atoms with Crippen molar-refractivity contribution in [1.29, 1.82) is 0 Å². The van der Waals surface area contributed by atoms with Crippen LogP contribution in [0.3, 0.4) is 0 Å². The van der Waals surface area contributed by atoms with E-state index in [0.717, 1.165) is 17.9 Å². The Morgan fingerprint density at radius 1 is 1.53 bits per heavy atom. The highest BCUT2D eigenvalue weighted by atomic mass is 16.5. The van der Waals surface area contributed by atoms with Crippen molar-refractivity contribution in [3.63, 3.8) is 0 Å². The first-order chi connectivity index (χ1) is 9.15. The van der Waals surface area contributed by atoms with Crippen LogP contribution in [0.1, 0.15) is 37.7 Å². The zero-order valence-corrected chi connectivity index (χ0v) is 11.6.